The number of benzene rings is 1. The third-order valence-electron chi connectivity index (χ3n) is 2.49. The van der Waals surface area contributed by atoms with Crippen molar-refractivity contribution in [3.8, 4) is 18.1 Å². The summed E-state index contributed by atoms with van der Waals surface area (Å²) in [6, 6.07) is 8.04. The van der Waals surface area contributed by atoms with Gasteiger partial charge in [-0.1, -0.05) is 18.2 Å². The summed E-state index contributed by atoms with van der Waals surface area (Å²) >= 11 is 0. The molecule has 92 valence electrons. The van der Waals surface area contributed by atoms with Crippen LogP contribution in [0.1, 0.15) is 24.9 Å². The number of para-hydroxylation sites is 1. The van der Waals surface area contributed by atoms with Gasteiger partial charge in [0.1, 0.15) is 5.75 Å². The zero-order chi connectivity index (χ0) is 12.5. The van der Waals surface area contributed by atoms with Crippen LogP contribution in [0.25, 0.3) is 0 Å². The molecular weight excluding hydrogens is 212 g/mol. The molecule has 1 aromatic rings. The molecule has 1 aromatic carbocycles. The van der Waals surface area contributed by atoms with E-state index in [1.54, 1.807) is 0 Å². The molecule has 1 unspecified atom stereocenters. The topological polar surface area (TPSA) is 47.3 Å². The Morgan fingerprint density at radius 1 is 1.47 bits per heavy atom. The molecule has 0 aliphatic rings. The first-order chi connectivity index (χ1) is 8.33. The number of hydrogen-bond donors (Lipinski definition) is 2. The monoisotopic (exact) mass is 232 g/mol. The van der Waals surface area contributed by atoms with Crippen molar-refractivity contribution in [2.75, 3.05) is 19.7 Å². The molecule has 0 aliphatic carbocycles. The average molecular weight is 232 g/mol. The molecule has 0 radical (unpaired) electrons. The summed E-state index contributed by atoms with van der Waals surface area (Å²) in [5.74, 6) is 3.49. The Balaban J connectivity index is 2.76. The highest BCUT2D eigenvalue weighted by Crippen LogP contribution is 2.24. The molecule has 17 heavy (non-hydrogen) atoms. The second-order valence-electron chi connectivity index (χ2n) is 3.67. The minimum Gasteiger partial charge on any atom is -0.494 e. The maximum atomic E-state index is 5.78. The summed E-state index contributed by atoms with van der Waals surface area (Å²) < 4.78 is 5.59. The highest BCUT2D eigenvalue weighted by Gasteiger charge is 2.13. The van der Waals surface area contributed by atoms with E-state index in [0.29, 0.717) is 19.6 Å². The molecule has 0 fully saturated rings. The van der Waals surface area contributed by atoms with Crippen LogP contribution < -0.4 is 15.8 Å². The van der Waals surface area contributed by atoms with Crippen molar-refractivity contribution in [2.24, 2.45) is 5.73 Å². The third kappa shape index (κ3) is 4.10. The fraction of sp³-hybridized carbons (Fsp3) is 0.429. The van der Waals surface area contributed by atoms with Gasteiger partial charge in [0.15, 0.2) is 0 Å². The average Bonchev–Trinajstić information content (AvgIpc) is 2.36. The van der Waals surface area contributed by atoms with E-state index < -0.39 is 0 Å². The summed E-state index contributed by atoms with van der Waals surface area (Å²) in [5, 5.41) is 3.34. The smallest absolute Gasteiger partial charge is 0.124 e. The van der Waals surface area contributed by atoms with Crippen LogP contribution in [-0.4, -0.2) is 19.7 Å². The molecule has 0 heterocycles. The Morgan fingerprint density at radius 3 is 2.88 bits per heavy atom. The first kappa shape index (κ1) is 13.6. The van der Waals surface area contributed by atoms with Gasteiger partial charge in [0.2, 0.25) is 0 Å². The van der Waals surface area contributed by atoms with E-state index in [9.17, 15) is 0 Å². The van der Waals surface area contributed by atoms with Crippen LogP contribution in [0.4, 0.5) is 0 Å². The van der Waals surface area contributed by atoms with Gasteiger partial charge in [-0.15, -0.1) is 12.3 Å². The number of nitrogens with two attached hydrogens (primary N) is 1. The SMILES string of the molecule is C#CCCNC(CN)c1ccccc1OCC. The van der Waals surface area contributed by atoms with Gasteiger partial charge in [-0.3, -0.25) is 0 Å². The highest BCUT2D eigenvalue weighted by molar-refractivity contribution is 5.36. The first-order valence-corrected chi connectivity index (χ1v) is 5.92. The summed E-state index contributed by atoms with van der Waals surface area (Å²) in [6.07, 6.45) is 5.93. The molecule has 0 spiro atoms. The van der Waals surface area contributed by atoms with Crippen LogP contribution in [-0.2, 0) is 0 Å². The molecular formula is C14H20N2O. The molecule has 3 heteroatoms. The lowest BCUT2D eigenvalue weighted by Gasteiger charge is -2.19. The van der Waals surface area contributed by atoms with E-state index in [1.165, 1.54) is 0 Å². The van der Waals surface area contributed by atoms with Gasteiger partial charge in [-0.05, 0) is 13.0 Å². The third-order valence-corrected chi connectivity index (χ3v) is 2.49. The van der Waals surface area contributed by atoms with E-state index >= 15 is 0 Å². The summed E-state index contributed by atoms with van der Waals surface area (Å²) in [7, 11) is 0. The number of ether oxygens (including phenoxy) is 1. The molecule has 0 amide bonds. The second kappa shape index (κ2) is 7.72. The molecule has 0 aliphatic heterocycles. The minimum atomic E-state index is 0.0890. The predicted octanol–water partition coefficient (Wildman–Crippen LogP) is 1.70. The van der Waals surface area contributed by atoms with Gasteiger partial charge in [0, 0.05) is 31.1 Å². The van der Waals surface area contributed by atoms with E-state index in [0.717, 1.165) is 17.9 Å². The number of hydrogen-bond acceptors (Lipinski definition) is 3. The van der Waals surface area contributed by atoms with Gasteiger partial charge in [0.25, 0.3) is 0 Å². The Morgan fingerprint density at radius 2 is 2.24 bits per heavy atom. The molecule has 1 atom stereocenters. The lowest BCUT2D eigenvalue weighted by atomic mass is 10.1. The lowest BCUT2D eigenvalue weighted by Crippen LogP contribution is -2.29. The van der Waals surface area contributed by atoms with Crippen molar-refractivity contribution >= 4 is 0 Å². The van der Waals surface area contributed by atoms with Crippen LogP contribution in [0, 0.1) is 12.3 Å². The minimum absolute atomic E-state index is 0.0890. The van der Waals surface area contributed by atoms with E-state index in [1.807, 2.05) is 31.2 Å². The van der Waals surface area contributed by atoms with Crippen molar-refractivity contribution in [1.82, 2.24) is 5.32 Å². The molecule has 3 nitrogen and oxygen atoms in total. The van der Waals surface area contributed by atoms with E-state index in [-0.39, 0.29) is 6.04 Å². The van der Waals surface area contributed by atoms with E-state index in [2.05, 4.69) is 11.2 Å². The van der Waals surface area contributed by atoms with Crippen molar-refractivity contribution in [3.63, 3.8) is 0 Å². The van der Waals surface area contributed by atoms with Crippen molar-refractivity contribution in [2.45, 2.75) is 19.4 Å². The van der Waals surface area contributed by atoms with Crippen molar-refractivity contribution < 1.29 is 4.74 Å². The molecule has 0 saturated carbocycles. The normalized spacial score (nSPS) is 11.8. The Labute approximate surface area is 103 Å². The maximum absolute atomic E-state index is 5.78. The van der Waals surface area contributed by atoms with Gasteiger partial charge in [-0.25, -0.2) is 0 Å². The second-order valence-corrected chi connectivity index (χ2v) is 3.67. The van der Waals surface area contributed by atoms with E-state index in [4.69, 9.17) is 16.9 Å². The fourth-order valence-corrected chi connectivity index (χ4v) is 1.69. The molecule has 0 bridgehead atoms. The van der Waals surface area contributed by atoms with Crippen LogP contribution >= 0.6 is 0 Å². The first-order valence-electron chi connectivity index (χ1n) is 5.92. The summed E-state index contributed by atoms with van der Waals surface area (Å²) in [5.41, 5.74) is 6.87. The Kier molecular flexibility index (Phi) is 6.16. The van der Waals surface area contributed by atoms with Gasteiger partial charge >= 0.3 is 0 Å². The number of rotatable bonds is 7. The summed E-state index contributed by atoms with van der Waals surface area (Å²) in [6.45, 7) is 3.91. The highest BCUT2D eigenvalue weighted by atomic mass is 16.5. The van der Waals surface area contributed by atoms with Crippen LogP contribution in [0.15, 0.2) is 24.3 Å². The van der Waals surface area contributed by atoms with Gasteiger partial charge in [-0.2, -0.15) is 0 Å². The molecule has 1 rings (SSSR count). The molecule has 0 saturated heterocycles. The predicted molar refractivity (Wildman–Crippen MR) is 70.9 cm³/mol. The maximum Gasteiger partial charge on any atom is 0.124 e. The fourth-order valence-electron chi connectivity index (χ4n) is 1.69. The van der Waals surface area contributed by atoms with Crippen LogP contribution in [0.2, 0.25) is 0 Å². The summed E-state index contributed by atoms with van der Waals surface area (Å²) in [4.78, 5) is 0. The van der Waals surface area contributed by atoms with Gasteiger partial charge in [0.05, 0.1) is 6.61 Å². The number of terminal acetylenes is 1. The standard InChI is InChI=1S/C14H20N2O/c1-3-5-10-16-13(11-15)12-8-6-7-9-14(12)17-4-2/h1,6-9,13,16H,4-5,10-11,15H2,2H3. The van der Waals surface area contributed by atoms with Gasteiger partial charge < -0.3 is 15.8 Å². The number of nitrogens with one attached hydrogen (secondary N) is 1. The zero-order valence-corrected chi connectivity index (χ0v) is 10.3. The lowest BCUT2D eigenvalue weighted by molar-refractivity contribution is 0.331. The van der Waals surface area contributed by atoms with Crippen LogP contribution in [0.3, 0.4) is 0 Å². The quantitative estimate of drug-likeness (QED) is 0.555. The zero-order valence-electron chi connectivity index (χ0n) is 10.3. The Hall–Kier alpha value is -1.50. The molecule has 0 aromatic heterocycles. The largest absolute Gasteiger partial charge is 0.494 e. The van der Waals surface area contributed by atoms with Crippen molar-refractivity contribution in [1.29, 1.82) is 0 Å². The van der Waals surface area contributed by atoms with Crippen LogP contribution in [0.5, 0.6) is 5.75 Å². The molecule has 3 N–H and O–H groups in total. The van der Waals surface area contributed by atoms with Crippen molar-refractivity contribution in [3.05, 3.63) is 29.8 Å². The Bertz CT molecular complexity index is 371.